The van der Waals surface area contributed by atoms with Gasteiger partial charge in [0.1, 0.15) is 5.82 Å². The predicted octanol–water partition coefficient (Wildman–Crippen LogP) is 3.89. The first-order valence-electron chi connectivity index (χ1n) is 8.35. The van der Waals surface area contributed by atoms with E-state index in [1.807, 2.05) is 30.6 Å². The Labute approximate surface area is 155 Å². The highest BCUT2D eigenvalue weighted by molar-refractivity contribution is 7.13. The van der Waals surface area contributed by atoms with E-state index in [4.69, 9.17) is 14.7 Å². The minimum Gasteiger partial charge on any atom is -0.383 e. The number of nitrogens with one attached hydrogen (secondary N) is 1. The van der Waals surface area contributed by atoms with Crippen LogP contribution < -0.4 is 5.32 Å². The topological polar surface area (TPSA) is 64.3 Å². The zero-order valence-corrected chi connectivity index (χ0v) is 15.5. The van der Waals surface area contributed by atoms with Crippen LogP contribution in [-0.4, -0.2) is 39.8 Å². The molecule has 0 atom stereocenters. The fraction of sp³-hybridized carbons (Fsp3) is 0.211. The maximum atomic E-state index is 5.09. The zero-order chi connectivity index (χ0) is 17.9. The SMILES string of the molecule is COCCNc1cc(C)cc(-c2cnn3ccc(-c4cccs4)nc23)n1. The van der Waals surface area contributed by atoms with Crippen LogP contribution in [0, 0.1) is 6.92 Å². The number of nitrogens with zero attached hydrogens (tertiary/aromatic N) is 4. The second kappa shape index (κ2) is 7.23. The Kier molecular flexibility index (Phi) is 4.64. The highest BCUT2D eigenvalue weighted by atomic mass is 32.1. The normalized spacial score (nSPS) is 11.2. The summed E-state index contributed by atoms with van der Waals surface area (Å²) >= 11 is 1.68. The number of fused-ring (bicyclic) bond motifs is 1. The van der Waals surface area contributed by atoms with E-state index in [0.717, 1.165) is 38.9 Å². The summed E-state index contributed by atoms with van der Waals surface area (Å²) in [7, 11) is 1.69. The summed E-state index contributed by atoms with van der Waals surface area (Å²) in [6, 6.07) is 10.2. The molecule has 7 heteroatoms. The van der Waals surface area contributed by atoms with Crippen molar-refractivity contribution in [2.75, 3.05) is 25.6 Å². The lowest BCUT2D eigenvalue weighted by atomic mass is 10.1. The molecule has 4 aromatic rings. The first-order chi connectivity index (χ1) is 12.7. The van der Waals surface area contributed by atoms with E-state index in [0.29, 0.717) is 13.2 Å². The van der Waals surface area contributed by atoms with Crippen molar-refractivity contribution < 1.29 is 4.74 Å². The van der Waals surface area contributed by atoms with Gasteiger partial charge in [0.2, 0.25) is 0 Å². The molecule has 6 nitrogen and oxygen atoms in total. The van der Waals surface area contributed by atoms with Gasteiger partial charge in [0.15, 0.2) is 5.65 Å². The number of aromatic nitrogens is 4. The van der Waals surface area contributed by atoms with Crippen molar-refractivity contribution in [2.45, 2.75) is 6.92 Å². The maximum absolute atomic E-state index is 5.09. The van der Waals surface area contributed by atoms with Crippen molar-refractivity contribution in [1.29, 1.82) is 0 Å². The molecule has 132 valence electrons. The van der Waals surface area contributed by atoms with Crippen LogP contribution in [0.3, 0.4) is 0 Å². The van der Waals surface area contributed by atoms with Gasteiger partial charge >= 0.3 is 0 Å². The van der Waals surface area contributed by atoms with Gasteiger partial charge in [0.05, 0.1) is 34.6 Å². The first-order valence-corrected chi connectivity index (χ1v) is 9.23. The molecule has 0 radical (unpaired) electrons. The zero-order valence-electron chi connectivity index (χ0n) is 14.6. The molecule has 26 heavy (non-hydrogen) atoms. The van der Waals surface area contributed by atoms with Gasteiger partial charge in [-0.15, -0.1) is 11.3 Å². The van der Waals surface area contributed by atoms with E-state index in [1.54, 1.807) is 23.0 Å². The van der Waals surface area contributed by atoms with E-state index >= 15 is 0 Å². The van der Waals surface area contributed by atoms with Gasteiger partial charge in [-0.05, 0) is 42.1 Å². The van der Waals surface area contributed by atoms with Crippen LogP contribution in [0.25, 0.3) is 27.5 Å². The van der Waals surface area contributed by atoms with Crippen LogP contribution in [0.4, 0.5) is 5.82 Å². The molecule has 0 aliphatic carbocycles. The van der Waals surface area contributed by atoms with E-state index < -0.39 is 0 Å². The Hall–Kier alpha value is -2.77. The third-order valence-electron chi connectivity index (χ3n) is 4.00. The van der Waals surface area contributed by atoms with Gasteiger partial charge in [0.25, 0.3) is 0 Å². The number of rotatable bonds is 6. The van der Waals surface area contributed by atoms with Gasteiger partial charge in [-0.2, -0.15) is 5.10 Å². The highest BCUT2D eigenvalue weighted by Gasteiger charge is 2.12. The highest BCUT2D eigenvalue weighted by Crippen LogP contribution is 2.28. The Morgan fingerprint density at radius 2 is 2.12 bits per heavy atom. The van der Waals surface area contributed by atoms with E-state index in [9.17, 15) is 0 Å². The van der Waals surface area contributed by atoms with Gasteiger partial charge in [-0.25, -0.2) is 14.5 Å². The summed E-state index contributed by atoms with van der Waals surface area (Å²) < 4.78 is 6.88. The number of ether oxygens (including phenoxy) is 1. The van der Waals surface area contributed by atoms with E-state index in [1.165, 1.54) is 0 Å². The number of thiophene rings is 1. The van der Waals surface area contributed by atoms with Gasteiger partial charge < -0.3 is 10.1 Å². The van der Waals surface area contributed by atoms with Gasteiger partial charge in [-0.3, -0.25) is 0 Å². The fourth-order valence-corrected chi connectivity index (χ4v) is 3.48. The van der Waals surface area contributed by atoms with Crippen LogP contribution in [0.2, 0.25) is 0 Å². The molecule has 0 amide bonds. The summed E-state index contributed by atoms with van der Waals surface area (Å²) in [5.41, 5.74) is 4.65. The number of aryl methyl sites for hydroxylation is 1. The van der Waals surface area contributed by atoms with Crippen LogP contribution >= 0.6 is 11.3 Å². The number of anilines is 1. The molecule has 0 unspecified atom stereocenters. The molecule has 4 aromatic heterocycles. The van der Waals surface area contributed by atoms with Crippen molar-refractivity contribution in [2.24, 2.45) is 0 Å². The number of methoxy groups -OCH3 is 1. The number of hydrogen-bond acceptors (Lipinski definition) is 6. The molecule has 0 aromatic carbocycles. The molecule has 0 saturated carbocycles. The molecule has 4 rings (SSSR count). The monoisotopic (exact) mass is 365 g/mol. The molecule has 0 spiro atoms. The predicted molar refractivity (Wildman–Crippen MR) is 105 cm³/mol. The van der Waals surface area contributed by atoms with Crippen molar-refractivity contribution in [3.05, 3.63) is 53.7 Å². The van der Waals surface area contributed by atoms with Crippen molar-refractivity contribution >= 4 is 22.8 Å². The summed E-state index contributed by atoms with van der Waals surface area (Å²) in [6.07, 6.45) is 3.76. The minimum absolute atomic E-state index is 0.632. The second-order valence-corrected chi connectivity index (χ2v) is 6.90. The lowest BCUT2D eigenvalue weighted by Gasteiger charge is -2.08. The van der Waals surface area contributed by atoms with Crippen molar-refractivity contribution in [1.82, 2.24) is 19.6 Å². The molecular weight excluding hydrogens is 346 g/mol. The van der Waals surface area contributed by atoms with Crippen molar-refractivity contribution in [3.8, 4) is 21.8 Å². The number of pyridine rings is 1. The maximum Gasteiger partial charge on any atom is 0.165 e. The second-order valence-electron chi connectivity index (χ2n) is 5.95. The standard InChI is InChI=1S/C19H19N5OS/c1-13-10-16(22-18(11-13)20-6-8-25-2)14-12-21-24-7-5-15(23-19(14)24)17-4-3-9-26-17/h3-5,7,9-12H,6,8H2,1-2H3,(H,20,22). The molecule has 1 N–H and O–H groups in total. The van der Waals surface area contributed by atoms with Gasteiger partial charge in [0, 0.05) is 19.9 Å². The minimum atomic E-state index is 0.632. The summed E-state index contributed by atoms with van der Waals surface area (Å²) in [5, 5.41) is 9.77. The number of hydrogen-bond donors (Lipinski definition) is 1. The third kappa shape index (κ3) is 3.31. The molecule has 0 aliphatic heterocycles. The molecule has 4 heterocycles. The first kappa shape index (κ1) is 16.7. The smallest absolute Gasteiger partial charge is 0.165 e. The Balaban J connectivity index is 1.75. The molecule has 0 saturated heterocycles. The summed E-state index contributed by atoms with van der Waals surface area (Å²) in [4.78, 5) is 10.7. The van der Waals surface area contributed by atoms with E-state index in [-0.39, 0.29) is 0 Å². The lowest BCUT2D eigenvalue weighted by molar-refractivity contribution is 0.210. The largest absolute Gasteiger partial charge is 0.383 e. The Morgan fingerprint density at radius 1 is 1.19 bits per heavy atom. The Bertz CT molecular complexity index is 1030. The Morgan fingerprint density at radius 3 is 2.92 bits per heavy atom. The van der Waals surface area contributed by atoms with Crippen LogP contribution in [0.15, 0.2) is 48.1 Å². The third-order valence-corrected chi connectivity index (χ3v) is 4.89. The average molecular weight is 365 g/mol. The molecule has 0 fully saturated rings. The average Bonchev–Trinajstić information content (AvgIpc) is 3.31. The van der Waals surface area contributed by atoms with Crippen molar-refractivity contribution in [3.63, 3.8) is 0 Å². The molecule has 0 aliphatic rings. The van der Waals surface area contributed by atoms with E-state index in [2.05, 4.69) is 34.9 Å². The summed E-state index contributed by atoms with van der Waals surface area (Å²) in [5.74, 6) is 0.825. The van der Waals surface area contributed by atoms with Crippen LogP contribution in [-0.2, 0) is 4.74 Å². The van der Waals surface area contributed by atoms with Crippen LogP contribution in [0.5, 0.6) is 0 Å². The van der Waals surface area contributed by atoms with Crippen LogP contribution in [0.1, 0.15) is 5.56 Å². The molecular formula is C19H19N5OS. The summed E-state index contributed by atoms with van der Waals surface area (Å²) in [6.45, 7) is 3.40. The fourth-order valence-electron chi connectivity index (χ4n) is 2.79. The lowest BCUT2D eigenvalue weighted by Crippen LogP contribution is -2.09. The molecule has 0 bridgehead atoms. The van der Waals surface area contributed by atoms with Gasteiger partial charge in [-0.1, -0.05) is 6.07 Å². The quantitative estimate of drug-likeness (QED) is 0.525.